The van der Waals surface area contributed by atoms with Crippen LogP contribution in [0, 0.1) is 0 Å². The van der Waals surface area contributed by atoms with E-state index in [1.54, 1.807) is 13.2 Å². The number of methoxy groups -OCH3 is 1. The summed E-state index contributed by atoms with van der Waals surface area (Å²) < 4.78 is 18.1. The number of benzene rings is 1. The van der Waals surface area contributed by atoms with Crippen molar-refractivity contribution in [2.24, 2.45) is 0 Å². The maximum absolute atomic E-state index is 10.2. The van der Waals surface area contributed by atoms with E-state index in [-0.39, 0.29) is 24.4 Å². The molecule has 0 aliphatic carbocycles. The third-order valence-corrected chi connectivity index (χ3v) is 3.96. The zero-order valence-corrected chi connectivity index (χ0v) is 14.0. The van der Waals surface area contributed by atoms with Crippen LogP contribution in [0.4, 0.5) is 5.82 Å². The van der Waals surface area contributed by atoms with Crippen LogP contribution in [-0.2, 0) is 6.54 Å². The Balaban J connectivity index is 1.87. The average molecular weight is 355 g/mol. The monoisotopic (exact) mass is 355 g/mol. The molecule has 26 heavy (non-hydrogen) atoms. The van der Waals surface area contributed by atoms with Crippen molar-refractivity contribution in [2.75, 3.05) is 26.1 Å². The molecule has 0 radical (unpaired) electrons. The van der Waals surface area contributed by atoms with Gasteiger partial charge in [0.15, 0.2) is 28.5 Å². The summed E-state index contributed by atoms with van der Waals surface area (Å²) in [4.78, 5) is 12.5. The Hall–Kier alpha value is -3.49. The first-order chi connectivity index (χ1) is 12.7. The van der Waals surface area contributed by atoms with E-state index in [1.165, 1.54) is 4.57 Å². The Morgan fingerprint density at radius 3 is 2.77 bits per heavy atom. The standard InChI is InChI=1S/C17H17N5O4/c1-24-11-5-4-10-8-12(11)25-6-2-3-7-26-16-20-14(18)13-15(21-16)22(9-10)17(23)19-13/h2-5,8H,6-7,9H2,1H3,(H,19,23)(H2,18,20,21)/b3-2-. The first-order valence-electron chi connectivity index (χ1n) is 7.96. The fourth-order valence-corrected chi connectivity index (χ4v) is 2.71. The van der Waals surface area contributed by atoms with E-state index in [0.29, 0.717) is 35.8 Å². The third-order valence-electron chi connectivity index (χ3n) is 3.96. The first-order valence-corrected chi connectivity index (χ1v) is 7.96. The lowest BCUT2D eigenvalue weighted by Crippen LogP contribution is -2.07. The number of imidazole rings is 1. The normalized spacial score (nSPS) is 15.1. The molecular weight excluding hydrogens is 338 g/mol. The largest absolute Gasteiger partial charge is 0.493 e. The summed E-state index contributed by atoms with van der Waals surface area (Å²) in [6, 6.07) is 5.46. The van der Waals surface area contributed by atoms with Gasteiger partial charge in [0, 0.05) is 0 Å². The van der Waals surface area contributed by atoms with Gasteiger partial charge in [-0.1, -0.05) is 6.07 Å². The number of nitrogens with two attached hydrogens (primary N) is 1. The summed E-state index contributed by atoms with van der Waals surface area (Å²) in [6.07, 6.45) is 3.62. The van der Waals surface area contributed by atoms with E-state index in [0.717, 1.165) is 5.56 Å². The molecule has 0 unspecified atom stereocenters. The molecule has 1 aromatic carbocycles. The molecule has 0 atom stereocenters. The van der Waals surface area contributed by atoms with Gasteiger partial charge in [-0.25, -0.2) is 0 Å². The van der Waals surface area contributed by atoms with Gasteiger partial charge in [0.2, 0.25) is 0 Å². The van der Waals surface area contributed by atoms with Gasteiger partial charge < -0.3 is 25.1 Å². The van der Waals surface area contributed by atoms with Gasteiger partial charge in [-0.15, -0.1) is 0 Å². The zero-order chi connectivity index (χ0) is 18.1. The molecule has 4 rings (SSSR count). The number of fused-ring (bicyclic) bond motifs is 3. The van der Waals surface area contributed by atoms with Crippen LogP contribution in [0.5, 0.6) is 23.5 Å². The summed E-state index contributed by atoms with van der Waals surface area (Å²) in [5.41, 5.74) is 7.52. The number of ether oxygens (including phenoxy) is 3. The van der Waals surface area contributed by atoms with Gasteiger partial charge in [0.1, 0.15) is 13.2 Å². The van der Waals surface area contributed by atoms with E-state index >= 15 is 0 Å². The average Bonchev–Trinajstić information content (AvgIpc) is 2.94. The van der Waals surface area contributed by atoms with Crippen molar-refractivity contribution in [1.82, 2.24) is 19.5 Å². The van der Waals surface area contributed by atoms with Crippen LogP contribution in [-0.4, -0.2) is 44.9 Å². The zero-order valence-electron chi connectivity index (χ0n) is 14.0. The molecule has 0 amide bonds. The van der Waals surface area contributed by atoms with Crippen LogP contribution in [0.25, 0.3) is 11.2 Å². The topological polar surface area (TPSA) is 118 Å². The quantitative estimate of drug-likeness (QED) is 0.631. The Labute approximate surface area is 148 Å². The maximum atomic E-state index is 10.2. The number of anilines is 1. The molecule has 3 aromatic rings. The number of hydrogen-bond donors (Lipinski definition) is 2. The molecule has 4 bridgehead atoms. The van der Waals surface area contributed by atoms with Gasteiger partial charge in [0.05, 0.1) is 13.7 Å². The maximum Gasteiger partial charge on any atom is 0.320 e. The fraction of sp³-hybridized carbons (Fsp3) is 0.235. The Bertz CT molecular complexity index is 998. The summed E-state index contributed by atoms with van der Waals surface area (Å²) in [5.74, 6) is 1.37. The van der Waals surface area contributed by atoms with E-state index < -0.39 is 0 Å². The van der Waals surface area contributed by atoms with Crippen LogP contribution in [0.3, 0.4) is 0 Å². The number of aromatic nitrogens is 4. The Morgan fingerprint density at radius 2 is 1.96 bits per heavy atom. The van der Waals surface area contributed by atoms with Crippen molar-refractivity contribution in [3.05, 3.63) is 35.9 Å². The number of rotatable bonds is 1. The lowest BCUT2D eigenvalue weighted by Gasteiger charge is -2.13. The molecule has 9 heteroatoms. The molecule has 134 valence electrons. The number of nitrogen functional groups attached to an aromatic ring is 1. The highest BCUT2D eigenvalue weighted by molar-refractivity contribution is 5.83. The Kier molecular flexibility index (Phi) is 3.96. The van der Waals surface area contributed by atoms with E-state index in [9.17, 15) is 5.11 Å². The van der Waals surface area contributed by atoms with E-state index in [2.05, 4.69) is 15.0 Å². The third kappa shape index (κ3) is 2.83. The van der Waals surface area contributed by atoms with Gasteiger partial charge in [-0.2, -0.15) is 15.0 Å². The van der Waals surface area contributed by atoms with Crippen LogP contribution in [0.1, 0.15) is 5.56 Å². The summed E-state index contributed by atoms with van der Waals surface area (Å²) in [7, 11) is 1.58. The van der Waals surface area contributed by atoms with Gasteiger partial charge in [0.25, 0.3) is 6.01 Å². The molecular formula is C17H17N5O4. The number of aromatic hydroxyl groups is 1. The second kappa shape index (κ2) is 6.43. The highest BCUT2D eigenvalue weighted by Crippen LogP contribution is 2.30. The van der Waals surface area contributed by atoms with Gasteiger partial charge in [-0.3, -0.25) is 4.57 Å². The molecule has 2 aromatic heterocycles. The molecule has 3 N–H and O–H groups in total. The number of hydrogen-bond acceptors (Lipinski definition) is 8. The molecule has 0 saturated heterocycles. The van der Waals surface area contributed by atoms with Crippen molar-refractivity contribution in [1.29, 1.82) is 0 Å². The molecule has 0 fully saturated rings. The minimum absolute atomic E-state index is 0.120. The minimum Gasteiger partial charge on any atom is -0.493 e. The first kappa shape index (κ1) is 16.0. The molecule has 3 heterocycles. The van der Waals surface area contributed by atoms with Crippen LogP contribution in [0.15, 0.2) is 30.4 Å². The van der Waals surface area contributed by atoms with Crippen molar-refractivity contribution in [3.63, 3.8) is 0 Å². The predicted molar refractivity (Wildman–Crippen MR) is 93.6 cm³/mol. The number of nitrogens with zero attached hydrogens (tertiary/aromatic N) is 4. The molecule has 1 aliphatic rings. The second-order valence-electron chi connectivity index (χ2n) is 5.64. The van der Waals surface area contributed by atoms with Crippen molar-refractivity contribution < 1.29 is 19.3 Å². The van der Waals surface area contributed by atoms with Crippen molar-refractivity contribution in [2.45, 2.75) is 6.54 Å². The highest BCUT2D eigenvalue weighted by Gasteiger charge is 2.18. The molecule has 0 saturated carbocycles. The van der Waals surface area contributed by atoms with Gasteiger partial charge >= 0.3 is 6.01 Å². The minimum atomic E-state index is -0.205. The summed E-state index contributed by atoms with van der Waals surface area (Å²) >= 11 is 0. The Morgan fingerprint density at radius 1 is 1.15 bits per heavy atom. The van der Waals surface area contributed by atoms with Crippen LogP contribution >= 0.6 is 0 Å². The van der Waals surface area contributed by atoms with Crippen LogP contribution in [0.2, 0.25) is 0 Å². The fourth-order valence-electron chi connectivity index (χ4n) is 2.71. The van der Waals surface area contributed by atoms with E-state index in [1.807, 2.05) is 24.3 Å². The summed E-state index contributed by atoms with van der Waals surface area (Å²) in [6.45, 7) is 0.923. The molecule has 1 aliphatic heterocycles. The lowest BCUT2D eigenvalue weighted by molar-refractivity contribution is 0.319. The van der Waals surface area contributed by atoms with Crippen molar-refractivity contribution >= 4 is 17.0 Å². The van der Waals surface area contributed by atoms with Crippen LogP contribution < -0.4 is 19.9 Å². The van der Waals surface area contributed by atoms with E-state index in [4.69, 9.17) is 19.9 Å². The highest BCUT2D eigenvalue weighted by atomic mass is 16.5. The van der Waals surface area contributed by atoms with Crippen molar-refractivity contribution in [3.8, 4) is 23.5 Å². The van der Waals surface area contributed by atoms with Gasteiger partial charge in [-0.05, 0) is 29.8 Å². The smallest absolute Gasteiger partial charge is 0.320 e. The molecule has 0 spiro atoms. The SMILES string of the molecule is COc1ccc2cc1OC/C=C\COc1nc(N)c3nc(O)n(c3n1)C2. The summed E-state index contributed by atoms with van der Waals surface area (Å²) in [5, 5.41) is 10.2. The second-order valence-corrected chi connectivity index (χ2v) is 5.64. The predicted octanol–water partition coefficient (Wildman–Crippen LogP) is 1.50. The molecule has 9 nitrogen and oxygen atoms in total. The lowest BCUT2D eigenvalue weighted by atomic mass is 10.2.